The maximum Gasteiger partial charge on any atom is 0.237 e. The Bertz CT molecular complexity index is 342. The Kier molecular flexibility index (Phi) is 4.35. The van der Waals surface area contributed by atoms with Gasteiger partial charge in [-0.15, -0.1) is 0 Å². The predicted octanol–water partition coefficient (Wildman–Crippen LogP) is 1.07. The summed E-state index contributed by atoms with van der Waals surface area (Å²) in [4.78, 5) is 13.3. The first-order chi connectivity index (χ1) is 7.29. The van der Waals surface area contributed by atoms with Crippen molar-refractivity contribution in [1.82, 2.24) is 4.90 Å². The van der Waals surface area contributed by atoms with E-state index in [1.54, 1.807) is 11.9 Å². The van der Waals surface area contributed by atoms with E-state index in [1.165, 1.54) is 0 Å². The fourth-order valence-electron chi connectivity index (χ4n) is 2.16. The van der Waals surface area contributed by atoms with Crippen LogP contribution in [0.4, 0.5) is 0 Å². The Morgan fingerprint density at radius 2 is 1.75 bits per heavy atom. The number of carbonyl (C=O) groups is 1. The third-order valence-corrected chi connectivity index (χ3v) is 4.08. The number of sulfone groups is 1. The van der Waals surface area contributed by atoms with Crippen molar-refractivity contribution in [2.24, 2.45) is 5.92 Å². The maximum atomic E-state index is 11.7. The second kappa shape index (κ2) is 5.17. The van der Waals surface area contributed by atoms with Gasteiger partial charge in [-0.05, 0) is 31.6 Å². The van der Waals surface area contributed by atoms with Crippen molar-refractivity contribution in [3.8, 4) is 0 Å². The highest BCUT2D eigenvalue weighted by molar-refractivity contribution is 7.91. The van der Waals surface area contributed by atoms with Crippen LogP contribution in [0.2, 0.25) is 0 Å². The van der Waals surface area contributed by atoms with Gasteiger partial charge in [-0.25, -0.2) is 8.42 Å². The van der Waals surface area contributed by atoms with Gasteiger partial charge in [-0.2, -0.15) is 0 Å². The lowest BCUT2D eigenvalue weighted by Gasteiger charge is -2.33. The summed E-state index contributed by atoms with van der Waals surface area (Å²) in [6.07, 6.45) is 5.34. The van der Waals surface area contributed by atoms with Crippen LogP contribution in [0.15, 0.2) is 0 Å². The predicted molar refractivity (Wildman–Crippen MR) is 63.9 cm³/mol. The zero-order valence-corrected chi connectivity index (χ0v) is 11.1. The second-order valence-corrected chi connectivity index (χ2v) is 7.13. The molecule has 1 aliphatic carbocycles. The normalized spacial score (nSPS) is 26.4. The van der Waals surface area contributed by atoms with Gasteiger partial charge in [-0.3, -0.25) is 4.79 Å². The Balaban J connectivity index is 2.51. The van der Waals surface area contributed by atoms with Gasteiger partial charge in [0.25, 0.3) is 0 Å². The highest BCUT2D eigenvalue weighted by Gasteiger charge is 2.26. The van der Waals surface area contributed by atoms with Gasteiger partial charge in [-0.1, -0.05) is 6.92 Å². The van der Waals surface area contributed by atoms with Crippen LogP contribution >= 0.6 is 0 Å². The molecule has 4 nitrogen and oxygen atoms in total. The number of nitrogens with zero attached hydrogens (tertiary/aromatic N) is 1. The Hall–Kier alpha value is -0.580. The number of hydrogen-bond donors (Lipinski definition) is 0. The van der Waals surface area contributed by atoms with Gasteiger partial charge in [0.05, 0.1) is 0 Å². The Labute approximate surface area is 97.9 Å². The quantitative estimate of drug-likeness (QED) is 0.749. The first-order valence-electron chi connectivity index (χ1n) is 5.73. The molecule has 0 bridgehead atoms. The lowest BCUT2D eigenvalue weighted by atomic mass is 9.87. The van der Waals surface area contributed by atoms with Gasteiger partial charge < -0.3 is 4.90 Å². The van der Waals surface area contributed by atoms with E-state index < -0.39 is 9.84 Å². The number of hydrogen-bond acceptors (Lipinski definition) is 3. The third kappa shape index (κ3) is 4.12. The van der Waals surface area contributed by atoms with E-state index in [-0.39, 0.29) is 17.7 Å². The van der Waals surface area contributed by atoms with Crippen molar-refractivity contribution in [1.29, 1.82) is 0 Å². The van der Waals surface area contributed by atoms with Gasteiger partial charge in [0.2, 0.25) is 5.91 Å². The Morgan fingerprint density at radius 1 is 1.25 bits per heavy atom. The van der Waals surface area contributed by atoms with Gasteiger partial charge in [0, 0.05) is 19.3 Å². The molecule has 0 heterocycles. The van der Waals surface area contributed by atoms with E-state index >= 15 is 0 Å². The molecule has 1 aliphatic rings. The summed E-state index contributed by atoms with van der Waals surface area (Å²) in [5.74, 6) is 0.0898. The average Bonchev–Trinajstić information content (AvgIpc) is 2.15. The van der Waals surface area contributed by atoms with Crippen LogP contribution in [0, 0.1) is 5.92 Å². The molecular formula is C11H21NO3S. The van der Waals surface area contributed by atoms with E-state index in [0.717, 1.165) is 37.9 Å². The summed E-state index contributed by atoms with van der Waals surface area (Å²) in [6.45, 7) is 2.22. The van der Waals surface area contributed by atoms with E-state index in [4.69, 9.17) is 0 Å². The fraction of sp³-hybridized carbons (Fsp3) is 0.909. The van der Waals surface area contributed by atoms with Gasteiger partial charge in [0.1, 0.15) is 5.75 Å². The van der Waals surface area contributed by atoms with Crippen LogP contribution in [0.5, 0.6) is 0 Å². The maximum absolute atomic E-state index is 11.7. The Morgan fingerprint density at radius 3 is 2.19 bits per heavy atom. The lowest BCUT2D eigenvalue weighted by molar-refractivity contribution is -0.129. The molecule has 1 amide bonds. The van der Waals surface area contributed by atoms with Crippen molar-refractivity contribution in [3.63, 3.8) is 0 Å². The molecule has 0 aromatic heterocycles. The lowest BCUT2D eigenvalue weighted by Crippen LogP contribution is -2.41. The summed E-state index contributed by atoms with van der Waals surface area (Å²) in [5, 5.41) is 0. The number of rotatable bonds is 3. The van der Waals surface area contributed by atoms with Crippen LogP contribution in [0.3, 0.4) is 0 Å². The molecule has 0 aromatic carbocycles. The largest absolute Gasteiger partial charge is 0.342 e. The summed E-state index contributed by atoms with van der Waals surface area (Å²) < 4.78 is 22.1. The minimum Gasteiger partial charge on any atom is -0.342 e. The van der Waals surface area contributed by atoms with Gasteiger partial charge >= 0.3 is 0 Å². The molecule has 16 heavy (non-hydrogen) atoms. The van der Waals surface area contributed by atoms with E-state index in [2.05, 4.69) is 6.92 Å². The molecule has 0 aromatic rings. The topological polar surface area (TPSA) is 54.5 Å². The van der Waals surface area contributed by atoms with Crippen molar-refractivity contribution >= 4 is 15.7 Å². The first-order valence-corrected chi connectivity index (χ1v) is 7.79. The van der Waals surface area contributed by atoms with Crippen molar-refractivity contribution < 1.29 is 13.2 Å². The molecule has 0 spiro atoms. The second-order valence-electron chi connectivity index (χ2n) is 4.99. The van der Waals surface area contributed by atoms with E-state index in [0.29, 0.717) is 0 Å². The molecule has 0 N–H and O–H groups in total. The minimum absolute atomic E-state index is 0.227. The number of carbonyl (C=O) groups excluding carboxylic acids is 1. The molecule has 1 fully saturated rings. The molecule has 1 saturated carbocycles. The highest BCUT2D eigenvalue weighted by Crippen LogP contribution is 2.26. The molecule has 94 valence electrons. The zero-order chi connectivity index (χ0) is 12.3. The molecule has 0 unspecified atom stereocenters. The monoisotopic (exact) mass is 247 g/mol. The minimum atomic E-state index is -3.21. The molecule has 1 rings (SSSR count). The van der Waals surface area contributed by atoms with Crippen LogP contribution in [0.1, 0.15) is 32.6 Å². The SMILES string of the molecule is CC1CCC(N(C)C(=O)CS(C)(=O)=O)CC1. The van der Waals surface area contributed by atoms with Crippen LogP contribution in [-0.4, -0.2) is 44.3 Å². The van der Waals surface area contributed by atoms with Gasteiger partial charge in [0.15, 0.2) is 9.84 Å². The molecule has 0 atom stereocenters. The number of amides is 1. The van der Waals surface area contributed by atoms with Crippen molar-refractivity contribution in [2.45, 2.75) is 38.6 Å². The zero-order valence-electron chi connectivity index (χ0n) is 10.3. The van der Waals surface area contributed by atoms with Crippen LogP contribution in [0.25, 0.3) is 0 Å². The van der Waals surface area contributed by atoms with Crippen molar-refractivity contribution in [3.05, 3.63) is 0 Å². The van der Waals surface area contributed by atoms with Crippen molar-refractivity contribution in [2.75, 3.05) is 19.1 Å². The van der Waals surface area contributed by atoms with E-state index in [1.807, 2.05) is 0 Å². The standard InChI is InChI=1S/C11H21NO3S/c1-9-4-6-10(7-5-9)12(2)11(13)8-16(3,14)15/h9-10H,4-8H2,1-3H3. The van der Waals surface area contributed by atoms with Crippen LogP contribution < -0.4 is 0 Å². The molecule has 0 saturated heterocycles. The molecule has 5 heteroatoms. The molecule has 0 radical (unpaired) electrons. The fourth-order valence-corrected chi connectivity index (χ4v) is 2.81. The summed E-state index contributed by atoms with van der Waals surface area (Å²) >= 11 is 0. The third-order valence-electron chi connectivity index (χ3n) is 3.31. The molecular weight excluding hydrogens is 226 g/mol. The highest BCUT2D eigenvalue weighted by atomic mass is 32.2. The smallest absolute Gasteiger partial charge is 0.237 e. The summed E-state index contributed by atoms with van der Waals surface area (Å²) in [6, 6.07) is 0.227. The van der Waals surface area contributed by atoms with E-state index in [9.17, 15) is 13.2 Å². The summed E-state index contributed by atoms with van der Waals surface area (Å²) in [7, 11) is -1.49. The first kappa shape index (κ1) is 13.5. The summed E-state index contributed by atoms with van der Waals surface area (Å²) in [5.41, 5.74) is 0. The molecule has 0 aliphatic heterocycles. The average molecular weight is 247 g/mol. The van der Waals surface area contributed by atoms with Crippen LogP contribution in [-0.2, 0) is 14.6 Å².